The Kier molecular flexibility index (Phi) is 3.24. The van der Waals surface area contributed by atoms with Crippen LogP contribution in [0.2, 0.25) is 0 Å². The summed E-state index contributed by atoms with van der Waals surface area (Å²) in [6.45, 7) is 6.38. The number of nitrogens with zero attached hydrogens (tertiary/aromatic N) is 1. The molecule has 2 aliphatic rings. The number of benzene rings is 1. The van der Waals surface area contributed by atoms with Crippen LogP contribution in [-0.4, -0.2) is 23.8 Å². The molecule has 1 aliphatic carbocycles. The Hall–Kier alpha value is -1.55. The lowest BCUT2D eigenvalue weighted by atomic mass is 10.00. The fraction of sp³-hybridized carbons (Fsp3) is 0.588. The summed E-state index contributed by atoms with van der Waals surface area (Å²) in [5, 5.41) is 0. The first kappa shape index (κ1) is 14.4. The number of carbonyl (C=O) groups excluding carboxylic acids is 1. The van der Waals surface area contributed by atoms with E-state index in [-0.39, 0.29) is 11.6 Å². The number of hydrogen-bond acceptors (Lipinski definition) is 3. The molecule has 3 rings (SSSR count). The van der Waals surface area contributed by atoms with Gasteiger partial charge in [-0.15, -0.1) is 0 Å². The van der Waals surface area contributed by atoms with Crippen LogP contribution in [-0.2, 0) is 17.6 Å². The van der Waals surface area contributed by atoms with E-state index in [4.69, 9.17) is 10.5 Å². The molecule has 21 heavy (non-hydrogen) atoms. The maximum Gasteiger partial charge on any atom is 0.414 e. The minimum Gasteiger partial charge on any atom is -0.443 e. The minimum atomic E-state index is -0.472. The predicted molar refractivity (Wildman–Crippen MR) is 83.6 cm³/mol. The molecule has 4 heteroatoms. The van der Waals surface area contributed by atoms with Crippen LogP contribution in [0.15, 0.2) is 18.2 Å². The van der Waals surface area contributed by atoms with Gasteiger partial charge >= 0.3 is 6.09 Å². The molecule has 0 spiro atoms. The van der Waals surface area contributed by atoms with Gasteiger partial charge in [-0.05, 0) is 57.6 Å². The molecule has 4 nitrogen and oxygen atoms in total. The maximum atomic E-state index is 12.4. The van der Waals surface area contributed by atoms with Crippen molar-refractivity contribution in [3.63, 3.8) is 0 Å². The molecule has 1 amide bonds. The van der Waals surface area contributed by atoms with Crippen molar-refractivity contribution in [2.75, 3.05) is 11.4 Å². The molecule has 0 unspecified atom stereocenters. The third kappa shape index (κ3) is 3.05. The zero-order valence-electron chi connectivity index (χ0n) is 13.1. The van der Waals surface area contributed by atoms with Crippen LogP contribution < -0.4 is 10.6 Å². The summed E-state index contributed by atoms with van der Waals surface area (Å²) in [4.78, 5) is 14.2. The highest BCUT2D eigenvalue weighted by molar-refractivity contribution is 5.91. The summed E-state index contributed by atoms with van der Waals surface area (Å²) in [6.07, 6.45) is 3.62. The van der Waals surface area contributed by atoms with Gasteiger partial charge in [-0.3, -0.25) is 4.90 Å². The monoisotopic (exact) mass is 288 g/mol. The van der Waals surface area contributed by atoms with Gasteiger partial charge in [0.2, 0.25) is 0 Å². The summed E-state index contributed by atoms with van der Waals surface area (Å²) >= 11 is 0. The van der Waals surface area contributed by atoms with Crippen molar-refractivity contribution in [3.8, 4) is 0 Å². The van der Waals surface area contributed by atoms with Crippen molar-refractivity contribution in [1.82, 2.24) is 0 Å². The van der Waals surface area contributed by atoms with Crippen LogP contribution in [0.4, 0.5) is 10.5 Å². The van der Waals surface area contributed by atoms with Crippen molar-refractivity contribution in [1.29, 1.82) is 0 Å². The van der Waals surface area contributed by atoms with Crippen LogP contribution in [0, 0.1) is 0 Å². The Balaban J connectivity index is 1.87. The zero-order valence-corrected chi connectivity index (χ0v) is 13.1. The average molecular weight is 288 g/mol. The number of anilines is 1. The van der Waals surface area contributed by atoms with Crippen molar-refractivity contribution < 1.29 is 9.53 Å². The molecule has 1 aliphatic heterocycles. The average Bonchev–Trinajstić information content (AvgIpc) is 2.92. The minimum absolute atomic E-state index is 0.0582. The number of ether oxygens (including phenoxy) is 1. The number of amides is 1. The normalized spacial score (nSPS) is 19.3. The Morgan fingerprint density at radius 1 is 1.38 bits per heavy atom. The lowest BCUT2D eigenvalue weighted by Crippen LogP contribution is -2.36. The molecule has 0 bridgehead atoms. The Morgan fingerprint density at radius 2 is 2.10 bits per heavy atom. The third-order valence-corrected chi connectivity index (χ3v) is 4.13. The number of para-hydroxylation sites is 1. The lowest BCUT2D eigenvalue weighted by Gasteiger charge is -2.26. The molecule has 1 heterocycles. The standard InChI is InChI=1S/C17H24N2O2/c1-16(2,3)21-15(20)19-10-7-12-5-4-6-13(14(12)19)11-17(18)8-9-17/h4-6H,7-11,18H2,1-3H3. The summed E-state index contributed by atoms with van der Waals surface area (Å²) < 4.78 is 5.53. The highest BCUT2D eigenvalue weighted by atomic mass is 16.6. The van der Waals surface area contributed by atoms with Crippen LogP contribution in [0.3, 0.4) is 0 Å². The topological polar surface area (TPSA) is 55.6 Å². The second-order valence-electron chi connectivity index (χ2n) is 7.35. The van der Waals surface area contributed by atoms with E-state index in [1.54, 1.807) is 4.90 Å². The Morgan fingerprint density at radius 3 is 2.71 bits per heavy atom. The fourth-order valence-electron chi connectivity index (χ4n) is 2.90. The molecule has 1 saturated carbocycles. The summed E-state index contributed by atoms with van der Waals surface area (Å²) in [5.74, 6) is 0. The van der Waals surface area contributed by atoms with Gasteiger partial charge in [-0.2, -0.15) is 0 Å². The smallest absolute Gasteiger partial charge is 0.414 e. The van der Waals surface area contributed by atoms with Crippen molar-refractivity contribution in [2.24, 2.45) is 5.73 Å². The largest absolute Gasteiger partial charge is 0.443 e. The molecule has 0 aromatic heterocycles. The number of nitrogens with two attached hydrogens (primary N) is 1. The van der Waals surface area contributed by atoms with Crippen LogP contribution in [0.1, 0.15) is 44.7 Å². The Bertz CT molecular complexity index is 571. The van der Waals surface area contributed by atoms with E-state index in [0.29, 0.717) is 6.54 Å². The summed E-state index contributed by atoms with van der Waals surface area (Å²) in [7, 11) is 0. The quantitative estimate of drug-likeness (QED) is 0.910. The number of fused-ring (bicyclic) bond motifs is 1. The van der Waals surface area contributed by atoms with Gasteiger partial charge in [0, 0.05) is 12.1 Å². The first-order valence-electron chi connectivity index (χ1n) is 7.68. The van der Waals surface area contributed by atoms with Crippen LogP contribution in [0.25, 0.3) is 0 Å². The number of carbonyl (C=O) groups is 1. The van der Waals surface area contributed by atoms with Crippen molar-refractivity contribution >= 4 is 11.8 Å². The SMILES string of the molecule is CC(C)(C)OC(=O)N1CCc2cccc(CC3(N)CC3)c21. The fourth-order valence-corrected chi connectivity index (χ4v) is 2.90. The van der Waals surface area contributed by atoms with Crippen LogP contribution >= 0.6 is 0 Å². The van der Waals surface area contributed by atoms with Crippen molar-refractivity contribution in [2.45, 2.75) is 57.6 Å². The predicted octanol–water partition coefficient (Wildman–Crippen LogP) is 3.02. The first-order chi connectivity index (χ1) is 9.77. The molecule has 0 radical (unpaired) electrons. The highest BCUT2D eigenvalue weighted by Crippen LogP contribution is 2.40. The van der Waals surface area contributed by atoms with Gasteiger partial charge < -0.3 is 10.5 Å². The maximum absolute atomic E-state index is 12.4. The molecule has 1 aromatic rings. The molecule has 1 fully saturated rings. The van der Waals surface area contributed by atoms with Gasteiger partial charge in [-0.1, -0.05) is 18.2 Å². The van der Waals surface area contributed by atoms with E-state index in [1.807, 2.05) is 20.8 Å². The second-order valence-corrected chi connectivity index (χ2v) is 7.35. The molecule has 2 N–H and O–H groups in total. The molecule has 1 aromatic carbocycles. The highest BCUT2D eigenvalue weighted by Gasteiger charge is 2.40. The van der Waals surface area contributed by atoms with Gasteiger partial charge in [0.05, 0.1) is 5.69 Å². The number of hydrogen-bond donors (Lipinski definition) is 1. The first-order valence-corrected chi connectivity index (χ1v) is 7.68. The van der Waals surface area contributed by atoms with E-state index in [9.17, 15) is 4.79 Å². The van der Waals surface area contributed by atoms with Gasteiger partial charge in [-0.25, -0.2) is 4.79 Å². The molecule has 114 valence electrons. The van der Waals surface area contributed by atoms with E-state index < -0.39 is 5.60 Å². The zero-order chi connectivity index (χ0) is 15.3. The number of rotatable bonds is 2. The van der Waals surface area contributed by atoms with Gasteiger partial charge in [0.15, 0.2) is 0 Å². The summed E-state index contributed by atoms with van der Waals surface area (Å²) in [5.41, 5.74) is 9.16. The Labute approximate surface area is 126 Å². The molecule has 0 atom stereocenters. The summed E-state index contributed by atoms with van der Waals surface area (Å²) in [6, 6.07) is 6.26. The van der Waals surface area contributed by atoms with E-state index in [0.717, 1.165) is 31.4 Å². The van der Waals surface area contributed by atoms with Gasteiger partial charge in [0.1, 0.15) is 5.60 Å². The lowest BCUT2D eigenvalue weighted by molar-refractivity contribution is 0.0583. The second kappa shape index (κ2) is 4.73. The van der Waals surface area contributed by atoms with E-state index in [2.05, 4.69) is 18.2 Å². The van der Waals surface area contributed by atoms with Crippen molar-refractivity contribution in [3.05, 3.63) is 29.3 Å². The molecular weight excluding hydrogens is 264 g/mol. The van der Waals surface area contributed by atoms with E-state index in [1.165, 1.54) is 11.1 Å². The van der Waals surface area contributed by atoms with Crippen LogP contribution in [0.5, 0.6) is 0 Å². The van der Waals surface area contributed by atoms with Gasteiger partial charge in [0.25, 0.3) is 0 Å². The molecular formula is C17H24N2O2. The molecule has 0 saturated heterocycles. The third-order valence-electron chi connectivity index (χ3n) is 4.13. The van der Waals surface area contributed by atoms with E-state index >= 15 is 0 Å².